The number of hydrogen-bond acceptors (Lipinski definition) is 3. The van der Waals surface area contributed by atoms with Gasteiger partial charge in [0.1, 0.15) is 0 Å². The van der Waals surface area contributed by atoms with Crippen molar-refractivity contribution >= 4 is 59.6 Å². The van der Waals surface area contributed by atoms with Gasteiger partial charge in [0.05, 0.1) is 0 Å². The van der Waals surface area contributed by atoms with E-state index in [1.54, 1.807) is 0 Å². The van der Waals surface area contributed by atoms with Gasteiger partial charge in [-0.2, -0.15) is 0 Å². The van der Waals surface area contributed by atoms with Crippen molar-refractivity contribution in [2.45, 2.75) is 29.2 Å². The van der Waals surface area contributed by atoms with Gasteiger partial charge in [-0.15, -0.1) is 0 Å². The Balaban J connectivity index is 1.85. The molecule has 10 heteroatoms. The standard InChI is InChI=1S/C24H23AsCl2N4O2S/c1-25(2)28-24(30-34(32,33)21-14-12-20(27)13-15-21)31-16-22(17-6-4-3-5-7-17)23(29-31)18-8-10-19(26)11-9-18/h4,6-16H,3,5H2,1-2H3,(H,28,30). The van der Waals surface area contributed by atoms with Crippen LogP contribution in [0.1, 0.15) is 18.4 Å². The van der Waals surface area contributed by atoms with Crippen LogP contribution in [0, 0.1) is 0 Å². The molecule has 0 radical (unpaired) electrons. The van der Waals surface area contributed by atoms with Crippen molar-refractivity contribution in [2.24, 2.45) is 4.40 Å². The summed E-state index contributed by atoms with van der Waals surface area (Å²) in [5.74, 6) is 0.168. The van der Waals surface area contributed by atoms with Crippen molar-refractivity contribution < 1.29 is 8.42 Å². The number of hydrogen-bond donors (Lipinski definition) is 1. The van der Waals surface area contributed by atoms with Crippen LogP contribution in [0.15, 0.2) is 82.2 Å². The van der Waals surface area contributed by atoms with Gasteiger partial charge in [-0.1, -0.05) is 0 Å². The fraction of sp³-hybridized carbons (Fsp3) is 0.167. The molecule has 1 N–H and O–H groups in total. The first-order valence-electron chi connectivity index (χ1n) is 10.5. The van der Waals surface area contributed by atoms with E-state index >= 15 is 0 Å². The molecule has 0 spiro atoms. The second kappa shape index (κ2) is 10.5. The third-order valence-electron chi connectivity index (χ3n) is 5.00. The zero-order chi connectivity index (χ0) is 24.3. The van der Waals surface area contributed by atoms with Gasteiger partial charge in [-0.05, 0) is 0 Å². The monoisotopic (exact) mass is 576 g/mol. The molecule has 0 aliphatic heterocycles. The van der Waals surface area contributed by atoms with Gasteiger partial charge >= 0.3 is 215 Å². The normalized spacial score (nSPS) is 14.4. The van der Waals surface area contributed by atoms with Gasteiger partial charge < -0.3 is 0 Å². The van der Waals surface area contributed by atoms with Crippen molar-refractivity contribution in [3.63, 3.8) is 0 Å². The number of allylic oxidation sites excluding steroid dienone is 4. The molecule has 0 unspecified atom stereocenters. The van der Waals surface area contributed by atoms with Gasteiger partial charge in [0, 0.05) is 0 Å². The Morgan fingerprint density at radius 2 is 1.68 bits per heavy atom. The van der Waals surface area contributed by atoms with Crippen LogP contribution in [0.25, 0.3) is 16.8 Å². The van der Waals surface area contributed by atoms with Crippen LogP contribution in [0.4, 0.5) is 0 Å². The molecule has 34 heavy (non-hydrogen) atoms. The van der Waals surface area contributed by atoms with Crippen molar-refractivity contribution in [3.8, 4) is 11.3 Å². The van der Waals surface area contributed by atoms with Crippen LogP contribution in [0.3, 0.4) is 0 Å². The van der Waals surface area contributed by atoms with Crippen molar-refractivity contribution in [1.82, 2.24) is 14.0 Å². The van der Waals surface area contributed by atoms with Gasteiger partial charge in [-0.25, -0.2) is 0 Å². The Bertz CT molecular complexity index is 1380. The van der Waals surface area contributed by atoms with Gasteiger partial charge in [0.2, 0.25) is 0 Å². The number of aromatic nitrogens is 2. The molecule has 0 bridgehead atoms. The van der Waals surface area contributed by atoms with E-state index in [9.17, 15) is 8.42 Å². The van der Waals surface area contributed by atoms with Crippen molar-refractivity contribution in [1.29, 1.82) is 0 Å². The fourth-order valence-corrected chi connectivity index (χ4v) is 5.92. The summed E-state index contributed by atoms with van der Waals surface area (Å²) < 4.78 is 35.1. The van der Waals surface area contributed by atoms with E-state index in [1.807, 2.05) is 41.9 Å². The summed E-state index contributed by atoms with van der Waals surface area (Å²) in [5, 5.41) is 5.86. The van der Waals surface area contributed by atoms with Gasteiger partial charge in [-0.3, -0.25) is 0 Å². The van der Waals surface area contributed by atoms with Crippen LogP contribution < -0.4 is 4.23 Å². The Labute approximate surface area is 214 Å². The quantitative estimate of drug-likeness (QED) is 0.229. The minimum atomic E-state index is -3.99. The average Bonchev–Trinajstić information content (AvgIpc) is 3.25. The predicted molar refractivity (Wildman–Crippen MR) is 141 cm³/mol. The second-order valence-corrected chi connectivity index (χ2v) is 14.5. The van der Waals surface area contributed by atoms with Crippen LogP contribution >= 0.6 is 23.2 Å². The minimum absolute atomic E-state index is 0.0608. The first kappa shape index (κ1) is 24.8. The van der Waals surface area contributed by atoms with Crippen LogP contribution in [0.5, 0.6) is 0 Å². The topological polar surface area (TPSA) is 76.3 Å². The first-order chi connectivity index (χ1) is 16.2. The molecule has 2 aromatic carbocycles. The van der Waals surface area contributed by atoms with E-state index < -0.39 is 24.9 Å². The summed E-state index contributed by atoms with van der Waals surface area (Å²) in [7, 11) is -3.99. The molecule has 0 atom stereocenters. The summed E-state index contributed by atoms with van der Waals surface area (Å²) >= 11 is 10.5. The molecular weight excluding hydrogens is 554 g/mol. The molecule has 1 aliphatic rings. The number of nitrogens with one attached hydrogen (secondary N) is 1. The fourth-order valence-electron chi connectivity index (χ4n) is 3.41. The molecule has 3 aromatic rings. The number of benzene rings is 2. The van der Waals surface area contributed by atoms with E-state index in [0.29, 0.717) is 10.0 Å². The van der Waals surface area contributed by atoms with E-state index in [4.69, 9.17) is 28.3 Å². The van der Waals surface area contributed by atoms with E-state index in [0.717, 1.165) is 35.2 Å². The van der Waals surface area contributed by atoms with Crippen molar-refractivity contribution in [2.75, 3.05) is 0 Å². The molecular formula is C24H23AsCl2N4O2S. The summed E-state index contributed by atoms with van der Waals surface area (Å²) in [6.07, 6.45) is 10.1. The van der Waals surface area contributed by atoms with Crippen LogP contribution in [-0.4, -0.2) is 39.0 Å². The molecule has 0 fully saturated rings. The maximum atomic E-state index is 13.1. The first-order valence-corrected chi connectivity index (χ1v) is 17.4. The van der Waals surface area contributed by atoms with E-state index in [-0.39, 0.29) is 10.9 Å². The van der Waals surface area contributed by atoms with E-state index in [1.165, 1.54) is 28.9 Å². The Hall–Kier alpha value is -2.31. The number of nitrogens with zero attached hydrogens (tertiary/aromatic N) is 3. The second-order valence-electron chi connectivity index (χ2n) is 7.83. The molecule has 0 amide bonds. The third kappa shape index (κ3) is 5.84. The molecule has 6 nitrogen and oxygen atoms in total. The van der Waals surface area contributed by atoms with Crippen LogP contribution in [0.2, 0.25) is 21.5 Å². The molecule has 4 rings (SSSR count). The zero-order valence-electron chi connectivity index (χ0n) is 18.6. The van der Waals surface area contributed by atoms with E-state index in [2.05, 4.69) is 26.9 Å². The number of rotatable bonds is 5. The predicted octanol–water partition coefficient (Wildman–Crippen LogP) is 6.02. The molecule has 1 heterocycles. The molecule has 1 aromatic heterocycles. The van der Waals surface area contributed by atoms with Crippen molar-refractivity contribution in [3.05, 3.63) is 88.6 Å². The summed E-state index contributed by atoms with van der Waals surface area (Å²) in [5.41, 5.74) is 7.62. The molecule has 0 saturated heterocycles. The Morgan fingerprint density at radius 1 is 1.03 bits per heavy atom. The SMILES string of the molecule is C[As](C)NC(=NS(=O)(=O)c1ccc(Cl)cc1)n1cc(C2=CCCC=C2)c(-c2ccc(Cl)cc2)n1. The Morgan fingerprint density at radius 3 is 2.26 bits per heavy atom. The summed E-state index contributed by atoms with van der Waals surface area (Å²) in [4.78, 5) is 0.0608. The average molecular weight is 577 g/mol. The summed E-state index contributed by atoms with van der Waals surface area (Å²) in [6, 6.07) is 13.4. The number of sulfonamides is 1. The molecule has 1 aliphatic carbocycles. The van der Waals surface area contributed by atoms with Gasteiger partial charge in [0.25, 0.3) is 0 Å². The summed E-state index contributed by atoms with van der Waals surface area (Å²) in [6.45, 7) is 0. The maximum absolute atomic E-state index is 13.1. The molecule has 0 saturated carbocycles. The molecule has 176 valence electrons. The Kier molecular flexibility index (Phi) is 7.68. The third-order valence-corrected chi connectivity index (χ3v) is 8.14. The van der Waals surface area contributed by atoms with Gasteiger partial charge in [0.15, 0.2) is 0 Å². The zero-order valence-corrected chi connectivity index (χ0v) is 22.8. The van der Waals surface area contributed by atoms with Crippen LogP contribution in [-0.2, 0) is 10.0 Å². The number of halogens is 2.